The van der Waals surface area contributed by atoms with E-state index in [1.807, 2.05) is 30.5 Å². The van der Waals surface area contributed by atoms with Crippen LogP contribution in [0.4, 0.5) is 10.2 Å². The number of pyridine rings is 2. The van der Waals surface area contributed by atoms with Crippen LogP contribution in [0.5, 0.6) is 0 Å². The monoisotopic (exact) mass is 457 g/mol. The molecular weight excluding hydrogens is 433 g/mol. The first-order valence-electron chi connectivity index (χ1n) is 11.4. The molecule has 7 heteroatoms. The topological polar surface area (TPSA) is 75.4 Å². The second-order valence-electron chi connectivity index (χ2n) is 8.59. The Morgan fingerprint density at radius 1 is 0.971 bits per heavy atom. The lowest BCUT2D eigenvalue weighted by atomic mass is 10.0. The SMILES string of the molecule is O=C(O)c1cn(Cc2ccc(-c3ccc(N4CCCCC4)nc3)cc2)c2c(F)cccc2c1=O. The maximum absolute atomic E-state index is 14.6. The second-order valence-corrected chi connectivity index (χ2v) is 8.59. The first-order valence-corrected chi connectivity index (χ1v) is 11.4. The minimum Gasteiger partial charge on any atom is -0.477 e. The van der Waals surface area contributed by atoms with Gasteiger partial charge < -0.3 is 14.6 Å². The molecule has 0 saturated carbocycles. The lowest BCUT2D eigenvalue weighted by molar-refractivity contribution is 0.0695. The van der Waals surface area contributed by atoms with Crippen LogP contribution in [-0.4, -0.2) is 33.7 Å². The van der Waals surface area contributed by atoms with Gasteiger partial charge in [0, 0.05) is 43.0 Å². The van der Waals surface area contributed by atoms with Gasteiger partial charge in [-0.05, 0) is 54.7 Å². The van der Waals surface area contributed by atoms with Crippen LogP contribution in [0.1, 0.15) is 35.2 Å². The maximum Gasteiger partial charge on any atom is 0.341 e. The molecule has 0 radical (unpaired) electrons. The quantitative estimate of drug-likeness (QED) is 0.460. The molecule has 1 saturated heterocycles. The summed E-state index contributed by atoms with van der Waals surface area (Å²) < 4.78 is 16.1. The van der Waals surface area contributed by atoms with Crippen molar-refractivity contribution in [2.24, 2.45) is 0 Å². The Bertz CT molecular complexity index is 1410. The number of piperidine rings is 1. The molecular formula is C27H24FN3O3. The Morgan fingerprint density at radius 3 is 2.38 bits per heavy atom. The third kappa shape index (κ3) is 4.17. The average Bonchev–Trinajstić information content (AvgIpc) is 2.87. The van der Waals surface area contributed by atoms with Gasteiger partial charge in [-0.25, -0.2) is 14.2 Å². The van der Waals surface area contributed by atoms with E-state index >= 15 is 0 Å². The molecule has 0 aliphatic carbocycles. The molecule has 5 rings (SSSR count). The number of nitrogens with zero attached hydrogens (tertiary/aromatic N) is 3. The number of aromatic carboxylic acids is 1. The average molecular weight is 458 g/mol. The molecule has 0 spiro atoms. The van der Waals surface area contributed by atoms with Crippen LogP contribution >= 0.6 is 0 Å². The molecule has 1 aliphatic rings. The third-order valence-electron chi connectivity index (χ3n) is 6.35. The van der Waals surface area contributed by atoms with E-state index in [1.54, 1.807) is 0 Å². The van der Waals surface area contributed by atoms with E-state index < -0.39 is 17.2 Å². The Balaban J connectivity index is 1.42. The van der Waals surface area contributed by atoms with Crippen molar-refractivity contribution in [1.29, 1.82) is 0 Å². The Kier molecular flexibility index (Phi) is 5.84. The summed E-state index contributed by atoms with van der Waals surface area (Å²) in [5.41, 5.74) is 1.89. The molecule has 0 amide bonds. The molecule has 1 aliphatic heterocycles. The van der Waals surface area contributed by atoms with Crippen LogP contribution in [0, 0.1) is 5.82 Å². The van der Waals surface area contributed by atoms with Gasteiger partial charge in [0.2, 0.25) is 5.43 Å². The summed E-state index contributed by atoms with van der Waals surface area (Å²) in [7, 11) is 0. The number of aromatic nitrogens is 2. The van der Waals surface area contributed by atoms with Crippen molar-refractivity contribution >= 4 is 22.7 Å². The lowest BCUT2D eigenvalue weighted by Gasteiger charge is -2.27. The Labute approximate surface area is 195 Å². The van der Waals surface area contributed by atoms with Crippen LogP contribution in [0.3, 0.4) is 0 Å². The number of hydrogen-bond donors (Lipinski definition) is 1. The Morgan fingerprint density at radius 2 is 1.71 bits per heavy atom. The molecule has 6 nitrogen and oxygen atoms in total. The highest BCUT2D eigenvalue weighted by Crippen LogP contribution is 2.24. The van der Waals surface area contributed by atoms with E-state index in [1.165, 1.54) is 48.2 Å². The summed E-state index contributed by atoms with van der Waals surface area (Å²) in [6, 6.07) is 16.0. The van der Waals surface area contributed by atoms with Crippen LogP contribution in [0.25, 0.3) is 22.0 Å². The molecule has 1 fully saturated rings. The van der Waals surface area contributed by atoms with Gasteiger partial charge in [0.25, 0.3) is 0 Å². The smallest absolute Gasteiger partial charge is 0.341 e. The fourth-order valence-corrected chi connectivity index (χ4v) is 4.56. The van der Waals surface area contributed by atoms with Crippen LogP contribution in [0.15, 0.2) is 71.8 Å². The van der Waals surface area contributed by atoms with Gasteiger partial charge in [0.1, 0.15) is 17.2 Å². The van der Waals surface area contributed by atoms with Gasteiger partial charge in [-0.2, -0.15) is 0 Å². The van der Waals surface area contributed by atoms with E-state index in [0.717, 1.165) is 35.6 Å². The molecule has 2 aromatic carbocycles. The zero-order valence-electron chi connectivity index (χ0n) is 18.6. The number of benzene rings is 2. The van der Waals surface area contributed by atoms with Gasteiger partial charge in [0.15, 0.2) is 0 Å². The van der Waals surface area contributed by atoms with Crippen molar-refractivity contribution in [2.75, 3.05) is 18.0 Å². The fraction of sp³-hybridized carbons (Fsp3) is 0.222. The summed E-state index contributed by atoms with van der Waals surface area (Å²) in [6.45, 7) is 2.32. The number of carboxylic acids is 1. The zero-order chi connectivity index (χ0) is 23.7. The summed E-state index contributed by atoms with van der Waals surface area (Å²) in [6.07, 6.45) is 6.78. The standard InChI is InChI=1S/C27H24FN3O3/c28-23-6-4-5-21-25(23)31(17-22(26(21)32)27(33)34)16-18-7-9-19(10-8-18)20-11-12-24(29-15-20)30-13-2-1-3-14-30/h4-12,15,17H,1-3,13-14,16H2,(H,33,34). The summed E-state index contributed by atoms with van der Waals surface area (Å²) >= 11 is 0. The van der Waals surface area contributed by atoms with E-state index in [-0.39, 0.29) is 23.0 Å². The van der Waals surface area contributed by atoms with Crippen molar-refractivity contribution in [3.8, 4) is 11.1 Å². The first-order chi connectivity index (χ1) is 16.5. The molecule has 0 bridgehead atoms. The minimum atomic E-state index is -1.33. The highest BCUT2D eigenvalue weighted by Gasteiger charge is 2.17. The van der Waals surface area contributed by atoms with Crippen molar-refractivity contribution in [3.05, 3.63) is 94.2 Å². The van der Waals surface area contributed by atoms with Crippen molar-refractivity contribution < 1.29 is 14.3 Å². The molecule has 172 valence electrons. The van der Waals surface area contributed by atoms with Gasteiger partial charge >= 0.3 is 5.97 Å². The number of rotatable bonds is 5. The highest BCUT2D eigenvalue weighted by molar-refractivity contribution is 5.92. The summed E-state index contributed by atoms with van der Waals surface area (Å²) in [4.78, 5) is 31.0. The number of hydrogen-bond acceptors (Lipinski definition) is 4. The Hall–Kier alpha value is -4.00. The molecule has 0 unspecified atom stereocenters. The molecule has 0 atom stereocenters. The van der Waals surface area contributed by atoms with Gasteiger partial charge in [-0.3, -0.25) is 4.79 Å². The molecule has 34 heavy (non-hydrogen) atoms. The molecule has 3 heterocycles. The van der Waals surface area contributed by atoms with Crippen LogP contribution in [-0.2, 0) is 6.54 Å². The van der Waals surface area contributed by atoms with Crippen LogP contribution < -0.4 is 10.3 Å². The number of halogens is 1. The predicted molar refractivity (Wildman–Crippen MR) is 130 cm³/mol. The van der Waals surface area contributed by atoms with E-state index in [2.05, 4.69) is 22.0 Å². The largest absolute Gasteiger partial charge is 0.477 e. The highest BCUT2D eigenvalue weighted by atomic mass is 19.1. The first kappa shape index (κ1) is 21.8. The maximum atomic E-state index is 14.6. The molecule has 2 aromatic heterocycles. The molecule has 1 N–H and O–H groups in total. The third-order valence-corrected chi connectivity index (χ3v) is 6.35. The number of anilines is 1. The van der Waals surface area contributed by atoms with Crippen molar-refractivity contribution in [3.63, 3.8) is 0 Å². The molecule has 4 aromatic rings. The summed E-state index contributed by atoms with van der Waals surface area (Å²) in [5, 5.41) is 9.49. The van der Waals surface area contributed by atoms with Gasteiger partial charge in [0.05, 0.1) is 5.52 Å². The van der Waals surface area contributed by atoms with E-state index in [9.17, 15) is 19.1 Å². The van der Waals surface area contributed by atoms with Crippen LogP contribution in [0.2, 0.25) is 0 Å². The van der Waals surface area contributed by atoms with Gasteiger partial charge in [-0.1, -0.05) is 30.3 Å². The van der Waals surface area contributed by atoms with Crippen molar-refractivity contribution in [1.82, 2.24) is 9.55 Å². The van der Waals surface area contributed by atoms with E-state index in [0.29, 0.717) is 0 Å². The normalized spacial score (nSPS) is 13.9. The number of carboxylic acid groups (broad SMARTS) is 1. The van der Waals surface area contributed by atoms with E-state index in [4.69, 9.17) is 0 Å². The second kappa shape index (κ2) is 9.09. The zero-order valence-corrected chi connectivity index (χ0v) is 18.6. The van der Waals surface area contributed by atoms with Gasteiger partial charge in [-0.15, -0.1) is 0 Å². The number of carbonyl (C=O) groups is 1. The van der Waals surface area contributed by atoms with Crippen molar-refractivity contribution in [2.45, 2.75) is 25.8 Å². The summed E-state index contributed by atoms with van der Waals surface area (Å²) in [5.74, 6) is -0.898. The number of para-hydroxylation sites is 1. The lowest BCUT2D eigenvalue weighted by Crippen LogP contribution is -2.29. The fourth-order valence-electron chi connectivity index (χ4n) is 4.56. The number of fused-ring (bicyclic) bond motifs is 1. The minimum absolute atomic E-state index is 0.0522. The predicted octanol–water partition coefficient (Wildman–Crippen LogP) is 4.94.